The van der Waals surface area contributed by atoms with Crippen molar-refractivity contribution in [2.24, 2.45) is 0 Å². The van der Waals surface area contributed by atoms with Gasteiger partial charge in [0.05, 0.1) is 12.6 Å². The van der Waals surface area contributed by atoms with Crippen LogP contribution in [0.25, 0.3) is 0 Å². The van der Waals surface area contributed by atoms with Gasteiger partial charge in [0.2, 0.25) is 5.91 Å². The van der Waals surface area contributed by atoms with Crippen molar-refractivity contribution in [3.05, 3.63) is 29.8 Å². The number of phenolic OH excluding ortho intramolecular Hbond substituents is 1. The summed E-state index contributed by atoms with van der Waals surface area (Å²) in [5, 5.41) is 19.3. The molecule has 0 radical (unpaired) electrons. The van der Waals surface area contributed by atoms with Crippen LogP contribution in [0.4, 0.5) is 0 Å². The van der Waals surface area contributed by atoms with Gasteiger partial charge in [0.1, 0.15) is 5.75 Å². The van der Waals surface area contributed by atoms with Crippen molar-refractivity contribution in [2.45, 2.75) is 44.4 Å². The molecule has 1 aliphatic carbocycles. The second kappa shape index (κ2) is 7.61. The van der Waals surface area contributed by atoms with E-state index in [2.05, 4.69) is 4.90 Å². The Morgan fingerprint density at radius 2 is 1.91 bits per heavy atom. The summed E-state index contributed by atoms with van der Waals surface area (Å²) in [6.07, 6.45) is 3.18. The zero-order valence-electron chi connectivity index (χ0n) is 13.4. The highest BCUT2D eigenvalue weighted by Gasteiger charge is 2.26. The minimum Gasteiger partial charge on any atom is -0.508 e. The lowest BCUT2D eigenvalue weighted by Gasteiger charge is -2.36. The minimum absolute atomic E-state index is 0.0753. The number of hydrogen-bond donors (Lipinski definition) is 2. The molecule has 5 nitrogen and oxygen atoms in total. The Balaban J connectivity index is 2.08. The molecule has 2 N–H and O–H groups in total. The molecule has 0 aromatic heterocycles. The third kappa shape index (κ3) is 4.71. The SMILES string of the molecule is CN(C)C(=O)CN(Cc1cccc(O)c1)C1CCC(O)CC1. The second-order valence-corrected chi connectivity index (χ2v) is 6.33. The molecule has 1 aromatic rings. The highest BCUT2D eigenvalue weighted by Crippen LogP contribution is 2.25. The fourth-order valence-electron chi connectivity index (χ4n) is 2.94. The minimum atomic E-state index is -0.205. The smallest absolute Gasteiger partial charge is 0.236 e. The van der Waals surface area contributed by atoms with Gasteiger partial charge in [-0.1, -0.05) is 12.1 Å². The van der Waals surface area contributed by atoms with Crippen molar-refractivity contribution in [1.29, 1.82) is 0 Å². The van der Waals surface area contributed by atoms with Crippen LogP contribution in [-0.2, 0) is 11.3 Å². The van der Waals surface area contributed by atoms with Gasteiger partial charge in [0.25, 0.3) is 0 Å². The van der Waals surface area contributed by atoms with E-state index in [1.807, 2.05) is 12.1 Å². The summed E-state index contributed by atoms with van der Waals surface area (Å²) < 4.78 is 0. The summed E-state index contributed by atoms with van der Waals surface area (Å²) in [5.41, 5.74) is 0.998. The third-order valence-corrected chi connectivity index (χ3v) is 4.32. The first-order valence-electron chi connectivity index (χ1n) is 7.86. The van der Waals surface area contributed by atoms with Crippen LogP contribution in [-0.4, -0.2) is 58.7 Å². The molecule has 0 unspecified atom stereocenters. The van der Waals surface area contributed by atoms with Crippen molar-refractivity contribution in [3.63, 3.8) is 0 Å². The monoisotopic (exact) mass is 306 g/mol. The number of benzene rings is 1. The lowest BCUT2D eigenvalue weighted by Crippen LogP contribution is -2.44. The predicted molar refractivity (Wildman–Crippen MR) is 85.5 cm³/mol. The lowest BCUT2D eigenvalue weighted by atomic mass is 9.91. The molecule has 2 rings (SSSR count). The zero-order chi connectivity index (χ0) is 16.1. The number of likely N-dealkylation sites (N-methyl/N-ethyl adjacent to an activating group) is 1. The van der Waals surface area contributed by atoms with Crippen LogP contribution in [0.5, 0.6) is 5.75 Å². The van der Waals surface area contributed by atoms with E-state index >= 15 is 0 Å². The van der Waals surface area contributed by atoms with Crippen molar-refractivity contribution in [1.82, 2.24) is 9.80 Å². The van der Waals surface area contributed by atoms with E-state index in [0.29, 0.717) is 19.1 Å². The van der Waals surface area contributed by atoms with Gasteiger partial charge in [0, 0.05) is 26.7 Å². The van der Waals surface area contributed by atoms with Crippen LogP contribution in [0, 0.1) is 0 Å². The summed E-state index contributed by atoms with van der Waals surface area (Å²) in [5.74, 6) is 0.321. The number of carbonyl (C=O) groups is 1. The van der Waals surface area contributed by atoms with Crippen LogP contribution in [0.1, 0.15) is 31.2 Å². The van der Waals surface area contributed by atoms with E-state index in [1.165, 1.54) is 0 Å². The van der Waals surface area contributed by atoms with E-state index < -0.39 is 0 Å². The summed E-state index contributed by atoms with van der Waals surface area (Å²) in [7, 11) is 3.53. The molecular formula is C17H26N2O3. The summed E-state index contributed by atoms with van der Waals surface area (Å²) in [4.78, 5) is 15.9. The average Bonchev–Trinajstić information content (AvgIpc) is 2.47. The van der Waals surface area contributed by atoms with Gasteiger partial charge in [-0.05, 0) is 43.4 Å². The number of phenols is 1. The molecule has 5 heteroatoms. The first-order valence-corrected chi connectivity index (χ1v) is 7.86. The molecule has 1 saturated carbocycles. The van der Waals surface area contributed by atoms with E-state index in [9.17, 15) is 15.0 Å². The molecule has 0 aliphatic heterocycles. The van der Waals surface area contributed by atoms with Gasteiger partial charge in [-0.3, -0.25) is 9.69 Å². The quantitative estimate of drug-likeness (QED) is 0.867. The molecule has 0 heterocycles. The summed E-state index contributed by atoms with van der Waals surface area (Å²) >= 11 is 0. The Morgan fingerprint density at radius 1 is 1.23 bits per heavy atom. The molecule has 1 aromatic carbocycles. The van der Waals surface area contributed by atoms with E-state index in [4.69, 9.17) is 0 Å². The number of carbonyl (C=O) groups excluding carboxylic acids is 1. The van der Waals surface area contributed by atoms with Gasteiger partial charge in [0.15, 0.2) is 0 Å². The standard InChI is InChI=1S/C17H26N2O3/c1-18(2)17(22)12-19(14-6-8-15(20)9-7-14)11-13-4-3-5-16(21)10-13/h3-5,10,14-15,20-21H,6-9,11-12H2,1-2H3. The Morgan fingerprint density at radius 3 is 2.50 bits per heavy atom. The fraction of sp³-hybridized carbons (Fsp3) is 0.588. The Bertz CT molecular complexity index is 496. The molecule has 0 bridgehead atoms. The molecule has 1 aliphatic rings. The topological polar surface area (TPSA) is 64.0 Å². The number of hydrogen-bond acceptors (Lipinski definition) is 4. The molecule has 122 valence electrons. The van der Waals surface area contributed by atoms with Crippen LogP contribution in [0.15, 0.2) is 24.3 Å². The van der Waals surface area contributed by atoms with Crippen LogP contribution >= 0.6 is 0 Å². The highest BCUT2D eigenvalue weighted by molar-refractivity contribution is 5.77. The molecular weight excluding hydrogens is 280 g/mol. The number of aliphatic hydroxyl groups excluding tert-OH is 1. The number of nitrogens with zero attached hydrogens (tertiary/aromatic N) is 2. The van der Waals surface area contributed by atoms with Crippen LogP contribution in [0.2, 0.25) is 0 Å². The highest BCUT2D eigenvalue weighted by atomic mass is 16.3. The van der Waals surface area contributed by atoms with Gasteiger partial charge in [-0.15, -0.1) is 0 Å². The lowest BCUT2D eigenvalue weighted by molar-refractivity contribution is -0.131. The Labute approximate surface area is 132 Å². The maximum absolute atomic E-state index is 12.1. The molecule has 1 fully saturated rings. The predicted octanol–water partition coefficient (Wildman–Crippen LogP) is 1.59. The average molecular weight is 306 g/mol. The van der Waals surface area contributed by atoms with E-state index in [-0.39, 0.29) is 17.8 Å². The van der Waals surface area contributed by atoms with Crippen LogP contribution in [0.3, 0.4) is 0 Å². The summed E-state index contributed by atoms with van der Waals surface area (Å²) in [6.45, 7) is 0.998. The van der Waals surface area contributed by atoms with Crippen molar-refractivity contribution in [3.8, 4) is 5.75 Å². The first kappa shape index (κ1) is 16.8. The maximum atomic E-state index is 12.1. The van der Waals surface area contributed by atoms with Crippen molar-refractivity contribution < 1.29 is 15.0 Å². The Kier molecular flexibility index (Phi) is 5.80. The fourth-order valence-corrected chi connectivity index (χ4v) is 2.94. The maximum Gasteiger partial charge on any atom is 0.236 e. The first-order chi connectivity index (χ1) is 10.5. The number of amides is 1. The largest absolute Gasteiger partial charge is 0.508 e. The number of aromatic hydroxyl groups is 1. The third-order valence-electron chi connectivity index (χ3n) is 4.32. The number of aliphatic hydroxyl groups is 1. The van der Waals surface area contributed by atoms with Crippen molar-refractivity contribution in [2.75, 3.05) is 20.6 Å². The zero-order valence-corrected chi connectivity index (χ0v) is 13.4. The molecule has 0 atom stereocenters. The number of rotatable bonds is 5. The molecule has 22 heavy (non-hydrogen) atoms. The Hall–Kier alpha value is -1.59. The van der Waals surface area contributed by atoms with Crippen LogP contribution < -0.4 is 0 Å². The second-order valence-electron chi connectivity index (χ2n) is 6.33. The molecule has 1 amide bonds. The van der Waals surface area contributed by atoms with E-state index in [0.717, 1.165) is 31.2 Å². The molecule has 0 spiro atoms. The van der Waals surface area contributed by atoms with Crippen molar-refractivity contribution >= 4 is 5.91 Å². The summed E-state index contributed by atoms with van der Waals surface area (Å²) in [6, 6.07) is 7.47. The van der Waals surface area contributed by atoms with Gasteiger partial charge in [-0.25, -0.2) is 0 Å². The van der Waals surface area contributed by atoms with Gasteiger partial charge < -0.3 is 15.1 Å². The molecule has 0 saturated heterocycles. The van der Waals surface area contributed by atoms with E-state index in [1.54, 1.807) is 31.1 Å². The van der Waals surface area contributed by atoms with Gasteiger partial charge >= 0.3 is 0 Å². The normalized spacial score (nSPS) is 21.8. The van der Waals surface area contributed by atoms with Gasteiger partial charge in [-0.2, -0.15) is 0 Å².